The van der Waals surface area contributed by atoms with Crippen LogP contribution in [0, 0.1) is 0 Å². The summed E-state index contributed by atoms with van der Waals surface area (Å²) in [4.78, 5) is 43.1. The van der Waals surface area contributed by atoms with Gasteiger partial charge >= 0.3 is 12.1 Å². The first kappa shape index (κ1) is 22.9. The fourth-order valence-electron chi connectivity index (χ4n) is 3.98. The number of rotatable bonds is 8. The number of carboxylic acid groups (broad SMARTS) is 1. The molecule has 0 saturated heterocycles. The van der Waals surface area contributed by atoms with Crippen LogP contribution in [0.3, 0.4) is 0 Å². The summed E-state index contributed by atoms with van der Waals surface area (Å²) in [6.45, 7) is 1.96. The summed E-state index contributed by atoms with van der Waals surface area (Å²) in [5, 5.41) is 14.2. The van der Waals surface area contributed by atoms with Crippen LogP contribution in [0.25, 0.3) is 11.1 Å². The number of fused-ring (bicyclic) bond motifs is 3. The molecule has 174 valence electrons. The van der Waals surface area contributed by atoms with E-state index in [0.29, 0.717) is 0 Å². The van der Waals surface area contributed by atoms with Crippen LogP contribution in [0.2, 0.25) is 0 Å². The number of hydrogen-bond acceptors (Lipinski definition) is 6. The Bertz CT molecular complexity index is 1170. The zero-order valence-corrected chi connectivity index (χ0v) is 18.5. The number of carbonyl (C=O) groups excluding carboxylic acids is 2. The zero-order valence-electron chi connectivity index (χ0n) is 18.5. The molecule has 0 unspecified atom stereocenters. The number of benzene rings is 2. The van der Waals surface area contributed by atoms with Gasteiger partial charge < -0.3 is 20.5 Å². The molecule has 0 radical (unpaired) electrons. The standard InChI is InChI=1S/C25H24N4O5/c1-15(10-23(30)28-13-22-26-11-16(12-27-22)24(31)32)29-25(33)34-14-21-19-8-4-2-6-17(19)18-7-3-5-9-20(18)21/h2-9,11-12,15,21H,10,13-14H2,1H3,(H,28,30)(H,29,33)(H,31,32)/t15-/m0/s1. The van der Waals surface area contributed by atoms with E-state index < -0.39 is 18.1 Å². The van der Waals surface area contributed by atoms with E-state index in [9.17, 15) is 14.4 Å². The lowest BCUT2D eigenvalue weighted by Crippen LogP contribution is -2.38. The van der Waals surface area contributed by atoms with Crippen molar-refractivity contribution in [2.24, 2.45) is 0 Å². The number of carbonyl (C=O) groups is 3. The van der Waals surface area contributed by atoms with Crippen LogP contribution < -0.4 is 10.6 Å². The van der Waals surface area contributed by atoms with Crippen molar-refractivity contribution < 1.29 is 24.2 Å². The van der Waals surface area contributed by atoms with Crippen LogP contribution >= 0.6 is 0 Å². The van der Waals surface area contributed by atoms with Gasteiger partial charge in [0.1, 0.15) is 12.4 Å². The molecular formula is C25H24N4O5. The molecule has 1 aliphatic rings. The van der Waals surface area contributed by atoms with Gasteiger partial charge in [0.15, 0.2) is 0 Å². The number of alkyl carbamates (subject to hydrolysis) is 1. The van der Waals surface area contributed by atoms with Gasteiger partial charge in [0, 0.05) is 30.8 Å². The zero-order chi connectivity index (χ0) is 24.1. The van der Waals surface area contributed by atoms with Gasteiger partial charge in [-0.2, -0.15) is 0 Å². The van der Waals surface area contributed by atoms with Crippen molar-refractivity contribution in [3.8, 4) is 11.1 Å². The first-order chi connectivity index (χ1) is 16.4. The van der Waals surface area contributed by atoms with E-state index in [1.54, 1.807) is 6.92 Å². The Balaban J connectivity index is 1.24. The SMILES string of the molecule is C[C@@H](CC(=O)NCc1ncc(C(=O)O)cn1)NC(=O)OCC1c2ccccc2-c2ccccc21. The highest BCUT2D eigenvalue weighted by atomic mass is 16.5. The molecule has 1 heterocycles. The van der Waals surface area contributed by atoms with Gasteiger partial charge in [-0.25, -0.2) is 19.6 Å². The molecule has 1 aliphatic carbocycles. The molecule has 9 heteroatoms. The smallest absolute Gasteiger partial charge is 0.407 e. The number of amides is 2. The highest BCUT2D eigenvalue weighted by Crippen LogP contribution is 2.44. The lowest BCUT2D eigenvalue weighted by molar-refractivity contribution is -0.121. The maximum Gasteiger partial charge on any atom is 0.407 e. The summed E-state index contributed by atoms with van der Waals surface area (Å²) in [5.41, 5.74) is 4.53. The molecule has 0 aliphatic heterocycles. The van der Waals surface area contributed by atoms with Crippen molar-refractivity contribution in [2.75, 3.05) is 6.61 Å². The van der Waals surface area contributed by atoms with Gasteiger partial charge in [0.25, 0.3) is 0 Å². The molecule has 0 spiro atoms. The molecule has 9 nitrogen and oxygen atoms in total. The van der Waals surface area contributed by atoms with Crippen LogP contribution in [-0.2, 0) is 16.1 Å². The summed E-state index contributed by atoms with van der Waals surface area (Å²) in [6.07, 6.45) is 1.81. The Morgan fingerprint density at radius 1 is 1.00 bits per heavy atom. The third-order valence-electron chi connectivity index (χ3n) is 5.60. The van der Waals surface area contributed by atoms with E-state index in [2.05, 4.69) is 32.7 Å². The molecule has 1 atom stereocenters. The van der Waals surface area contributed by atoms with Gasteiger partial charge in [-0.1, -0.05) is 48.5 Å². The summed E-state index contributed by atoms with van der Waals surface area (Å²) in [7, 11) is 0. The van der Waals surface area contributed by atoms with Crippen LogP contribution in [0.5, 0.6) is 0 Å². The highest BCUT2D eigenvalue weighted by molar-refractivity contribution is 5.86. The Morgan fingerprint density at radius 3 is 2.18 bits per heavy atom. The third-order valence-corrected chi connectivity index (χ3v) is 5.60. The molecular weight excluding hydrogens is 436 g/mol. The number of carboxylic acids is 1. The third kappa shape index (κ3) is 5.20. The van der Waals surface area contributed by atoms with Crippen LogP contribution in [0.4, 0.5) is 4.79 Å². The fourth-order valence-corrected chi connectivity index (χ4v) is 3.98. The van der Waals surface area contributed by atoms with E-state index in [1.165, 1.54) is 12.4 Å². The fraction of sp³-hybridized carbons (Fsp3) is 0.240. The molecule has 0 bridgehead atoms. The van der Waals surface area contributed by atoms with Crippen molar-refractivity contribution >= 4 is 18.0 Å². The second kappa shape index (κ2) is 10.1. The topological polar surface area (TPSA) is 131 Å². The van der Waals surface area contributed by atoms with Crippen LogP contribution in [-0.4, -0.2) is 45.7 Å². The normalized spacial score (nSPS) is 12.9. The second-order valence-electron chi connectivity index (χ2n) is 8.04. The van der Waals surface area contributed by atoms with E-state index in [4.69, 9.17) is 9.84 Å². The summed E-state index contributed by atoms with van der Waals surface area (Å²) in [5.74, 6) is -1.18. The summed E-state index contributed by atoms with van der Waals surface area (Å²) < 4.78 is 5.50. The largest absolute Gasteiger partial charge is 0.478 e. The Kier molecular flexibility index (Phi) is 6.82. The maximum atomic E-state index is 12.3. The van der Waals surface area contributed by atoms with Gasteiger partial charge in [-0.15, -0.1) is 0 Å². The van der Waals surface area contributed by atoms with E-state index in [-0.39, 0.29) is 42.8 Å². The molecule has 2 amide bonds. The molecule has 0 fully saturated rings. The number of ether oxygens (including phenoxy) is 1. The van der Waals surface area contributed by atoms with Crippen molar-refractivity contribution in [3.63, 3.8) is 0 Å². The number of aromatic nitrogens is 2. The molecule has 4 rings (SSSR count). The van der Waals surface area contributed by atoms with E-state index >= 15 is 0 Å². The first-order valence-electron chi connectivity index (χ1n) is 10.8. The van der Waals surface area contributed by atoms with Gasteiger partial charge in [0.2, 0.25) is 5.91 Å². The van der Waals surface area contributed by atoms with Crippen LogP contribution in [0.15, 0.2) is 60.9 Å². The van der Waals surface area contributed by atoms with E-state index in [0.717, 1.165) is 22.3 Å². The summed E-state index contributed by atoms with van der Waals surface area (Å²) in [6, 6.07) is 15.7. The van der Waals surface area contributed by atoms with Crippen molar-refractivity contribution in [1.82, 2.24) is 20.6 Å². The maximum absolute atomic E-state index is 12.3. The van der Waals surface area contributed by atoms with Gasteiger partial charge in [0.05, 0.1) is 12.1 Å². The molecule has 34 heavy (non-hydrogen) atoms. The minimum atomic E-state index is -1.12. The highest BCUT2D eigenvalue weighted by Gasteiger charge is 2.29. The Morgan fingerprint density at radius 2 is 1.59 bits per heavy atom. The molecule has 0 saturated carbocycles. The molecule has 1 aromatic heterocycles. The quantitative estimate of drug-likeness (QED) is 0.471. The van der Waals surface area contributed by atoms with Gasteiger partial charge in [-0.05, 0) is 29.2 Å². The second-order valence-corrected chi connectivity index (χ2v) is 8.04. The van der Waals surface area contributed by atoms with Crippen LogP contribution in [0.1, 0.15) is 46.6 Å². The van der Waals surface area contributed by atoms with Crippen molar-refractivity contribution in [1.29, 1.82) is 0 Å². The average Bonchev–Trinajstić information content (AvgIpc) is 3.15. The monoisotopic (exact) mass is 460 g/mol. The minimum Gasteiger partial charge on any atom is -0.478 e. The lowest BCUT2D eigenvalue weighted by atomic mass is 9.98. The Labute approximate surface area is 196 Å². The first-order valence-corrected chi connectivity index (χ1v) is 10.8. The Hall–Kier alpha value is -4.27. The molecule has 2 aromatic carbocycles. The molecule has 3 aromatic rings. The van der Waals surface area contributed by atoms with Crippen molar-refractivity contribution in [3.05, 3.63) is 83.4 Å². The van der Waals surface area contributed by atoms with Gasteiger partial charge in [-0.3, -0.25) is 4.79 Å². The average molecular weight is 460 g/mol. The predicted octanol–water partition coefficient (Wildman–Crippen LogP) is 3.11. The number of nitrogens with zero attached hydrogens (tertiary/aromatic N) is 2. The summed E-state index contributed by atoms with van der Waals surface area (Å²) >= 11 is 0. The number of nitrogens with one attached hydrogen (secondary N) is 2. The predicted molar refractivity (Wildman–Crippen MR) is 123 cm³/mol. The lowest BCUT2D eigenvalue weighted by Gasteiger charge is -2.17. The van der Waals surface area contributed by atoms with E-state index in [1.807, 2.05) is 36.4 Å². The van der Waals surface area contributed by atoms with Crippen molar-refractivity contribution in [2.45, 2.75) is 31.8 Å². The number of aromatic carboxylic acids is 1. The number of hydrogen-bond donors (Lipinski definition) is 3. The minimum absolute atomic E-state index is 0.0315. The molecule has 3 N–H and O–H groups in total.